The van der Waals surface area contributed by atoms with E-state index in [1.54, 1.807) is 0 Å². The molecule has 0 spiro atoms. The van der Waals surface area contributed by atoms with Crippen LogP contribution < -0.4 is 5.32 Å². The van der Waals surface area contributed by atoms with Gasteiger partial charge in [-0.05, 0) is 60.4 Å². The lowest BCUT2D eigenvalue weighted by molar-refractivity contribution is 0.184. The third-order valence-corrected chi connectivity index (χ3v) is 5.83. The number of nitrogens with one attached hydrogen (secondary N) is 1. The lowest BCUT2D eigenvalue weighted by Crippen LogP contribution is -2.38. The van der Waals surface area contributed by atoms with Gasteiger partial charge in [0.25, 0.3) is 0 Å². The van der Waals surface area contributed by atoms with Crippen LogP contribution in [0.2, 0.25) is 0 Å². The first kappa shape index (κ1) is 20.1. The fraction of sp³-hybridized carbons (Fsp3) is 0.520. The Kier molecular flexibility index (Phi) is 7.09. The van der Waals surface area contributed by atoms with Gasteiger partial charge in [-0.15, -0.1) is 0 Å². The minimum absolute atomic E-state index is 0.235. The molecule has 0 unspecified atom stereocenters. The molecule has 0 saturated carbocycles. The van der Waals surface area contributed by atoms with E-state index in [-0.39, 0.29) is 5.41 Å². The highest BCUT2D eigenvalue weighted by atomic mass is 15.1. The van der Waals surface area contributed by atoms with E-state index in [0.717, 1.165) is 25.6 Å². The number of hydrogen-bond donors (Lipinski definition) is 1. The molecule has 1 heterocycles. The molecule has 2 heteroatoms. The highest BCUT2D eigenvalue weighted by Gasteiger charge is 2.19. The summed E-state index contributed by atoms with van der Waals surface area (Å²) in [7, 11) is 0. The Bertz CT molecular complexity index is 662. The van der Waals surface area contributed by atoms with Crippen molar-refractivity contribution >= 4 is 0 Å². The van der Waals surface area contributed by atoms with Crippen LogP contribution >= 0.6 is 0 Å². The quantitative estimate of drug-likeness (QED) is 0.693. The number of rotatable bonds is 7. The van der Waals surface area contributed by atoms with Crippen LogP contribution in [0.5, 0.6) is 0 Å². The zero-order valence-electron chi connectivity index (χ0n) is 17.4. The summed E-state index contributed by atoms with van der Waals surface area (Å²) in [5.74, 6) is 0.859. The molecule has 1 N–H and O–H groups in total. The van der Waals surface area contributed by atoms with Crippen molar-refractivity contribution in [1.29, 1.82) is 0 Å². The lowest BCUT2D eigenvalue weighted by atomic mass is 9.87. The normalized spacial score (nSPS) is 16.6. The Morgan fingerprint density at radius 1 is 0.889 bits per heavy atom. The Morgan fingerprint density at radius 3 is 2.19 bits per heavy atom. The summed E-state index contributed by atoms with van der Waals surface area (Å²) in [4.78, 5) is 2.62. The van der Waals surface area contributed by atoms with E-state index in [1.165, 1.54) is 49.0 Å². The van der Waals surface area contributed by atoms with Crippen LogP contribution in [0.15, 0.2) is 54.6 Å². The van der Waals surface area contributed by atoms with Crippen LogP contribution in [0, 0.1) is 5.92 Å². The third-order valence-electron chi connectivity index (χ3n) is 5.83. The van der Waals surface area contributed by atoms with E-state index in [9.17, 15) is 0 Å². The Balaban J connectivity index is 1.31. The third kappa shape index (κ3) is 6.48. The van der Waals surface area contributed by atoms with E-state index < -0.39 is 0 Å². The molecule has 1 saturated heterocycles. The van der Waals surface area contributed by atoms with Gasteiger partial charge in [0.1, 0.15) is 0 Å². The molecule has 0 aliphatic carbocycles. The summed E-state index contributed by atoms with van der Waals surface area (Å²) in [6.07, 6.45) is 3.92. The Labute approximate surface area is 166 Å². The molecule has 0 amide bonds. The van der Waals surface area contributed by atoms with Crippen LogP contribution in [-0.2, 0) is 18.4 Å². The topological polar surface area (TPSA) is 15.3 Å². The molecule has 27 heavy (non-hydrogen) atoms. The van der Waals surface area contributed by atoms with Crippen molar-refractivity contribution in [1.82, 2.24) is 10.2 Å². The molecule has 2 aromatic carbocycles. The number of hydrogen-bond acceptors (Lipinski definition) is 2. The van der Waals surface area contributed by atoms with Crippen molar-refractivity contribution in [3.8, 4) is 0 Å². The molecule has 2 aromatic rings. The number of benzene rings is 2. The second kappa shape index (κ2) is 9.52. The van der Waals surface area contributed by atoms with E-state index in [2.05, 4.69) is 85.6 Å². The summed E-state index contributed by atoms with van der Waals surface area (Å²) >= 11 is 0. The van der Waals surface area contributed by atoms with Crippen LogP contribution in [0.1, 0.15) is 50.3 Å². The van der Waals surface area contributed by atoms with Gasteiger partial charge in [-0.1, -0.05) is 75.4 Å². The Morgan fingerprint density at radius 2 is 1.56 bits per heavy atom. The largest absolute Gasteiger partial charge is 0.311 e. The smallest absolute Gasteiger partial charge is 0.0206 e. The van der Waals surface area contributed by atoms with Gasteiger partial charge in [0.2, 0.25) is 0 Å². The maximum Gasteiger partial charge on any atom is 0.0206 e. The van der Waals surface area contributed by atoms with Crippen molar-refractivity contribution in [2.45, 2.75) is 52.0 Å². The predicted octanol–water partition coefficient (Wildman–Crippen LogP) is 5.03. The van der Waals surface area contributed by atoms with Gasteiger partial charge >= 0.3 is 0 Å². The van der Waals surface area contributed by atoms with Gasteiger partial charge < -0.3 is 10.2 Å². The summed E-state index contributed by atoms with van der Waals surface area (Å²) in [5.41, 5.74) is 4.52. The molecule has 1 aliphatic rings. The van der Waals surface area contributed by atoms with E-state index in [4.69, 9.17) is 0 Å². The summed E-state index contributed by atoms with van der Waals surface area (Å²) in [6.45, 7) is 12.5. The van der Waals surface area contributed by atoms with Gasteiger partial charge in [0.05, 0.1) is 0 Å². The van der Waals surface area contributed by atoms with Crippen molar-refractivity contribution < 1.29 is 0 Å². The van der Waals surface area contributed by atoms with E-state index >= 15 is 0 Å². The second-order valence-electron chi connectivity index (χ2n) is 9.10. The Hall–Kier alpha value is -1.64. The maximum atomic E-state index is 3.62. The molecular weight excluding hydrogens is 328 g/mol. The van der Waals surface area contributed by atoms with Gasteiger partial charge in [0, 0.05) is 19.6 Å². The van der Waals surface area contributed by atoms with Gasteiger partial charge in [-0.25, -0.2) is 0 Å². The number of nitrogens with zero attached hydrogens (tertiary/aromatic N) is 1. The highest BCUT2D eigenvalue weighted by molar-refractivity contribution is 5.27. The minimum atomic E-state index is 0.235. The minimum Gasteiger partial charge on any atom is -0.311 e. The monoisotopic (exact) mass is 364 g/mol. The molecule has 1 fully saturated rings. The molecule has 0 atom stereocenters. The SMILES string of the molecule is CC(C)(C)c1ccc(CNCCN2CCC(Cc3ccccc3)CC2)cc1. The maximum absolute atomic E-state index is 3.62. The van der Waals surface area contributed by atoms with Crippen molar-refractivity contribution in [2.24, 2.45) is 5.92 Å². The zero-order chi connectivity index (χ0) is 19.1. The fourth-order valence-corrected chi connectivity index (χ4v) is 3.95. The average molecular weight is 365 g/mol. The van der Waals surface area contributed by atoms with Crippen LogP contribution in [0.3, 0.4) is 0 Å². The summed E-state index contributed by atoms with van der Waals surface area (Å²) < 4.78 is 0. The molecule has 3 rings (SSSR count). The second-order valence-corrected chi connectivity index (χ2v) is 9.10. The number of likely N-dealkylation sites (tertiary alicyclic amines) is 1. The first-order valence-electron chi connectivity index (χ1n) is 10.6. The fourth-order valence-electron chi connectivity index (χ4n) is 3.95. The van der Waals surface area contributed by atoms with E-state index in [1.807, 2.05) is 0 Å². The molecule has 146 valence electrons. The van der Waals surface area contributed by atoms with Crippen LogP contribution in [0.4, 0.5) is 0 Å². The summed E-state index contributed by atoms with van der Waals surface area (Å²) in [6, 6.07) is 20.0. The number of piperidine rings is 1. The first-order chi connectivity index (χ1) is 13.0. The average Bonchev–Trinajstić information content (AvgIpc) is 2.67. The molecule has 0 radical (unpaired) electrons. The van der Waals surface area contributed by atoms with E-state index in [0.29, 0.717) is 0 Å². The molecule has 0 bridgehead atoms. The standard InChI is InChI=1S/C25H36N2/c1-25(2,3)24-11-9-23(10-12-24)20-26-15-18-27-16-13-22(14-17-27)19-21-7-5-4-6-8-21/h4-12,22,26H,13-20H2,1-3H3. The first-order valence-corrected chi connectivity index (χ1v) is 10.6. The van der Waals surface area contributed by atoms with Gasteiger partial charge in [-0.2, -0.15) is 0 Å². The summed E-state index contributed by atoms with van der Waals surface area (Å²) in [5, 5.41) is 3.62. The predicted molar refractivity (Wildman–Crippen MR) is 116 cm³/mol. The van der Waals surface area contributed by atoms with Crippen LogP contribution in [0.25, 0.3) is 0 Å². The van der Waals surface area contributed by atoms with Crippen molar-refractivity contribution in [3.05, 3.63) is 71.3 Å². The molecule has 2 nitrogen and oxygen atoms in total. The van der Waals surface area contributed by atoms with Gasteiger partial charge in [-0.3, -0.25) is 0 Å². The zero-order valence-corrected chi connectivity index (χ0v) is 17.4. The molecule has 0 aromatic heterocycles. The highest BCUT2D eigenvalue weighted by Crippen LogP contribution is 2.22. The van der Waals surface area contributed by atoms with Crippen LogP contribution in [-0.4, -0.2) is 31.1 Å². The van der Waals surface area contributed by atoms with Gasteiger partial charge in [0.15, 0.2) is 0 Å². The van der Waals surface area contributed by atoms with Crippen molar-refractivity contribution in [3.63, 3.8) is 0 Å². The van der Waals surface area contributed by atoms with Crippen molar-refractivity contribution in [2.75, 3.05) is 26.2 Å². The molecular formula is C25H36N2. The molecule has 1 aliphatic heterocycles. The lowest BCUT2D eigenvalue weighted by Gasteiger charge is -2.32.